The number of amides is 2. The van der Waals surface area contributed by atoms with Gasteiger partial charge in [0, 0.05) is 18.0 Å². The van der Waals surface area contributed by atoms with Crippen LogP contribution in [0.25, 0.3) is 0 Å². The van der Waals surface area contributed by atoms with Crippen molar-refractivity contribution in [1.82, 2.24) is 9.99 Å². The Morgan fingerprint density at radius 1 is 1.19 bits per heavy atom. The van der Waals surface area contributed by atoms with Gasteiger partial charge in [0.05, 0.1) is 19.2 Å². The molecule has 0 fully saturated rings. The van der Waals surface area contributed by atoms with E-state index in [2.05, 4.69) is 10.4 Å². The number of pyridine rings is 1. The number of carbonyl (C=O) groups excluding carboxylic acids is 2. The van der Waals surface area contributed by atoms with Gasteiger partial charge in [0.15, 0.2) is 0 Å². The van der Waals surface area contributed by atoms with Crippen molar-refractivity contribution in [2.45, 2.75) is 6.42 Å². The molecule has 0 bridgehead atoms. The molecule has 3 rings (SSSR count). The first-order valence-electron chi connectivity index (χ1n) is 6.40. The van der Waals surface area contributed by atoms with Crippen molar-refractivity contribution in [2.75, 3.05) is 12.5 Å². The van der Waals surface area contributed by atoms with Crippen LogP contribution < -0.4 is 10.2 Å². The van der Waals surface area contributed by atoms with Crippen molar-refractivity contribution in [3.63, 3.8) is 0 Å². The van der Waals surface area contributed by atoms with Crippen LogP contribution >= 0.6 is 0 Å². The van der Waals surface area contributed by atoms with E-state index >= 15 is 0 Å². The topological polar surface area (TPSA) is 71.5 Å². The number of benzene rings is 1. The summed E-state index contributed by atoms with van der Waals surface area (Å²) in [7, 11) is 1.53. The number of ether oxygens (including phenoxy) is 1. The number of hydrazine groups is 1. The lowest BCUT2D eigenvalue weighted by atomic mass is 9.99. The third kappa shape index (κ3) is 2.43. The zero-order chi connectivity index (χ0) is 14.8. The fourth-order valence-electron chi connectivity index (χ4n) is 2.18. The van der Waals surface area contributed by atoms with Gasteiger partial charge < -0.3 is 4.74 Å². The number of imide groups is 1. The summed E-state index contributed by atoms with van der Waals surface area (Å²) in [5.74, 6) is -0.105. The van der Waals surface area contributed by atoms with Crippen LogP contribution in [-0.2, 0) is 11.2 Å². The summed E-state index contributed by atoms with van der Waals surface area (Å²) in [6.45, 7) is 0. The summed E-state index contributed by atoms with van der Waals surface area (Å²) in [6.07, 6.45) is 3.33. The van der Waals surface area contributed by atoms with E-state index < -0.39 is 5.91 Å². The van der Waals surface area contributed by atoms with Gasteiger partial charge in [-0.05, 0) is 29.8 Å². The van der Waals surface area contributed by atoms with Gasteiger partial charge in [-0.3, -0.25) is 20.0 Å². The largest absolute Gasteiger partial charge is 0.497 e. The first kappa shape index (κ1) is 13.1. The molecule has 21 heavy (non-hydrogen) atoms. The van der Waals surface area contributed by atoms with Crippen molar-refractivity contribution >= 4 is 17.5 Å². The molecule has 1 aliphatic rings. The molecule has 1 aliphatic heterocycles. The fourth-order valence-corrected chi connectivity index (χ4v) is 2.18. The SMILES string of the molecule is COc1ccc2c(c1)C(=O)N(Nc1ccncc1)C(=O)C2. The van der Waals surface area contributed by atoms with Crippen LogP contribution in [0, 0.1) is 0 Å². The lowest BCUT2D eigenvalue weighted by Gasteiger charge is -2.27. The van der Waals surface area contributed by atoms with Gasteiger partial charge in [0.25, 0.3) is 11.8 Å². The molecule has 2 aromatic rings. The number of nitrogens with zero attached hydrogens (tertiary/aromatic N) is 2. The molecule has 0 saturated heterocycles. The van der Waals surface area contributed by atoms with Crippen LogP contribution in [0.4, 0.5) is 5.69 Å². The average Bonchev–Trinajstić information content (AvgIpc) is 2.52. The van der Waals surface area contributed by atoms with Crippen LogP contribution in [0.1, 0.15) is 15.9 Å². The smallest absolute Gasteiger partial charge is 0.279 e. The van der Waals surface area contributed by atoms with Crippen LogP contribution in [-0.4, -0.2) is 28.9 Å². The first-order valence-corrected chi connectivity index (χ1v) is 6.40. The Balaban J connectivity index is 1.93. The number of methoxy groups -OCH3 is 1. The van der Waals surface area contributed by atoms with E-state index in [-0.39, 0.29) is 12.3 Å². The molecule has 0 unspecified atom stereocenters. The molecule has 6 nitrogen and oxygen atoms in total. The van der Waals surface area contributed by atoms with E-state index in [1.807, 2.05) is 0 Å². The number of rotatable bonds is 3. The van der Waals surface area contributed by atoms with Crippen LogP contribution in [0.15, 0.2) is 42.7 Å². The van der Waals surface area contributed by atoms with E-state index in [1.165, 1.54) is 7.11 Å². The molecule has 2 amide bonds. The maximum absolute atomic E-state index is 12.5. The molecule has 0 spiro atoms. The first-order chi connectivity index (χ1) is 10.2. The third-order valence-corrected chi connectivity index (χ3v) is 3.26. The summed E-state index contributed by atoms with van der Waals surface area (Å²) in [4.78, 5) is 28.5. The van der Waals surface area contributed by atoms with Gasteiger partial charge in [-0.25, -0.2) is 0 Å². The van der Waals surface area contributed by atoms with Gasteiger partial charge >= 0.3 is 0 Å². The number of anilines is 1. The molecule has 1 N–H and O–H groups in total. The zero-order valence-electron chi connectivity index (χ0n) is 11.4. The van der Waals surface area contributed by atoms with E-state index in [0.717, 1.165) is 5.01 Å². The van der Waals surface area contributed by atoms with Crippen molar-refractivity contribution in [2.24, 2.45) is 0 Å². The highest BCUT2D eigenvalue weighted by molar-refractivity contribution is 6.10. The van der Waals surface area contributed by atoms with E-state index in [9.17, 15) is 9.59 Å². The van der Waals surface area contributed by atoms with Gasteiger partial charge in [-0.1, -0.05) is 6.07 Å². The number of aromatic nitrogens is 1. The lowest BCUT2D eigenvalue weighted by molar-refractivity contribution is -0.127. The maximum atomic E-state index is 12.5. The second kappa shape index (κ2) is 5.24. The Kier molecular flexibility index (Phi) is 3.27. The molecule has 1 aromatic heterocycles. The van der Waals surface area contributed by atoms with Gasteiger partial charge in [0.2, 0.25) is 0 Å². The third-order valence-electron chi connectivity index (χ3n) is 3.26. The van der Waals surface area contributed by atoms with Gasteiger partial charge in [0.1, 0.15) is 5.75 Å². The minimum absolute atomic E-state index is 0.170. The standard InChI is InChI=1S/C15H13N3O3/c1-21-12-3-2-10-8-14(19)18(15(20)13(10)9-12)17-11-4-6-16-7-5-11/h2-7,9H,8H2,1H3,(H,16,17). The normalized spacial score (nSPS) is 13.9. The van der Waals surface area contributed by atoms with E-state index in [1.54, 1.807) is 42.7 Å². The lowest BCUT2D eigenvalue weighted by Crippen LogP contribution is -2.45. The minimum atomic E-state index is -0.392. The summed E-state index contributed by atoms with van der Waals surface area (Å²) < 4.78 is 5.12. The Morgan fingerprint density at radius 3 is 2.67 bits per heavy atom. The summed E-state index contributed by atoms with van der Waals surface area (Å²) in [5, 5.41) is 1.02. The molecule has 0 saturated carbocycles. The molecular weight excluding hydrogens is 270 g/mol. The highest BCUT2D eigenvalue weighted by atomic mass is 16.5. The minimum Gasteiger partial charge on any atom is -0.497 e. The maximum Gasteiger partial charge on any atom is 0.279 e. The molecule has 106 valence electrons. The number of hydrogen-bond acceptors (Lipinski definition) is 5. The van der Waals surface area contributed by atoms with Crippen molar-refractivity contribution < 1.29 is 14.3 Å². The highest BCUT2D eigenvalue weighted by Gasteiger charge is 2.31. The summed E-state index contributed by atoms with van der Waals surface area (Å²) in [5.41, 5.74) is 4.61. The van der Waals surface area contributed by atoms with Crippen molar-refractivity contribution in [3.05, 3.63) is 53.9 Å². The monoisotopic (exact) mass is 283 g/mol. The van der Waals surface area contributed by atoms with Crippen LogP contribution in [0.5, 0.6) is 5.75 Å². The molecule has 0 radical (unpaired) electrons. The average molecular weight is 283 g/mol. The Morgan fingerprint density at radius 2 is 1.95 bits per heavy atom. The Hall–Kier alpha value is -2.89. The quantitative estimate of drug-likeness (QED) is 0.867. The fraction of sp³-hybridized carbons (Fsp3) is 0.133. The zero-order valence-corrected chi connectivity index (χ0v) is 11.4. The Labute approximate surface area is 121 Å². The molecule has 0 atom stereocenters. The second-order valence-corrected chi connectivity index (χ2v) is 4.58. The predicted molar refractivity (Wildman–Crippen MR) is 75.7 cm³/mol. The summed E-state index contributed by atoms with van der Waals surface area (Å²) in [6, 6.07) is 8.49. The molecule has 0 aliphatic carbocycles. The summed E-state index contributed by atoms with van der Waals surface area (Å²) >= 11 is 0. The highest BCUT2D eigenvalue weighted by Crippen LogP contribution is 2.24. The molecule has 2 heterocycles. The Bertz CT molecular complexity index is 701. The van der Waals surface area contributed by atoms with Crippen molar-refractivity contribution in [3.8, 4) is 5.75 Å². The van der Waals surface area contributed by atoms with Crippen LogP contribution in [0.2, 0.25) is 0 Å². The van der Waals surface area contributed by atoms with Gasteiger partial charge in [-0.2, -0.15) is 5.01 Å². The predicted octanol–water partition coefficient (Wildman–Crippen LogP) is 1.64. The number of fused-ring (bicyclic) bond motifs is 1. The van der Waals surface area contributed by atoms with E-state index in [4.69, 9.17) is 4.74 Å². The number of nitrogens with one attached hydrogen (secondary N) is 1. The second-order valence-electron chi connectivity index (χ2n) is 4.58. The molecule has 6 heteroatoms. The molecular formula is C15H13N3O3. The van der Waals surface area contributed by atoms with Crippen molar-refractivity contribution in [1.29, 1.82) is 0 Å². The number of carbonyl (C=O) groups is 2. The molecule has 1 aromatic carbocycles. The van der Waals surface area contributed by atoms with E-state index in [0.29, 0.717) is 22.6 Å². The number of hydrogen-bond donors (Lipinski definition) is 1. The van der Waals surface area contributed by atoms with Crippen LogP contribution in [0.3, 0.4) is 0 Å². The van der Waals surface area contributed by atoms with Gasteiger partial charge in [-0.15, -0.1) is 0 Å².